The number of nitrogens with one attached hydrogen (secondary N) is 2. The van der Waals surface area contributed by atoms with E-state index in [9.17, 15) is 13.2 Å². The van der Waals surface area contributed by atoms with Crippen molar-refractivity contribution in [2.45, 2.75) is 39.0 Å². The molecule has 0 radical (unpaired) electrons. The van der Waals surface area contributed by atoms with E-state index in [-0.39, 0.29) is 6.54 Å². The van der Waals surface area contributed by atoms with E-state index < -0.39 is 11.9 Å². The largest absolute Gasteiger partial charge is 0.434 e. The van der Waals surface area contributed by atoms with Gasteiger partial charge in [0.2, 0.25) is 0 Å². The molecule has 1 heterocycles. The van der Waals surface area contributed by atoms with Gasteiger partial charge in [0.25, 0.3) is 0 Å². The summed E-state index contributed by atoms with van der Waals surface area (Å²) < 4.78 is 37.5. The van der Waals surface area contributed by atoms with Gasteiger partial charge >= 0.3 is 6.18 Å². The van der Waals surface area contributed by atoms with Crippen molar-refractivity contribution in [2.24, 2.45) is 4.99 Å². The molecule has 132 valence electrons. The van der Waals surface area contributed by atoms with E-state index in [2.05, 4.69) is 46.4 Å². The van der Waals surface area contributed by atoms with Crippen LogP contribution in [-0.2, 0) is 12.7 Å². The van der Waals surface area contributed by atoms with Gasteiger partial charge in [-0.15, -0.1) is 11.3 Å². The van der Waals surface area contributed by atoms with E-state index in [0.29, 0.717) is 23.6 Å². The molecule has 0 aliphatic rings. The van der Waals surface area contributed by atoms with Gasteiger partial charge in [0, 0.05) is 31.6 Å². The lowest BCUT2D eigenvalue weighted by Crippen LogP contribution is -2.42. The maximum Gasteiger partial charge on any atom is 0.434 e. The minimum Gasteiger partial charge on any atom is -0.355 e. The summed E-state index contributed by atoms with van der Waals surface area (Å²) in [6.07, 6.45) is -3.32. The van der Waals surface area contributed by atoms with E-state index in [4.69, 9.17) is 0 Å². The molecule has 0 saturated heterocycles. The Kier molecular flexibility index (Phi) is 7.77. The summed E-state index contributed by atoms with van der Waals surface area (Å²) in [4.78, 5) is 9.85. The zero-order valence-corrected chi connectivity index (χ0v) is 14.7. The number of aromatic nitrogens is 1. The van der Waals surface area contributed by atoms with Crippen molar-refractivity contribution in [1.29, 1.82) is 0 Å². The van der Waals surface area contributed by atoms with Gasteiger partial charge in [-0.2, -0.15) is 13.2 Å². The minimum absolute atomic E-state index is 0.210. The molecule has 0 spiro atoms. The van der Waals surface area contributed by atoms with Crippen molar-refractivity contribution in [3.8, 4) is 0 Å². The average molecular weight is 351 g/mol. The molecule has 0 amide bonds. The molecule has 23 heavy (non-hydrogen) atoms. The molecule has 1 rings (SSSR count). The van der Waals surface area contributed by atoms with Crippen molar-refractivity contribution in [2.75, 3.05) is 27.2 Å². The van der Waals surface area contributed by atoms with Crippen LogP contribution in [0.5, 0.6) is 0 Å². The lowest BCUT2D eigenvalue weighted by atomic mass is 10.2. The Morgan fingerprint density at radius 3 is 2.65 bits per heavy atom. The number of aliphatic imine (C=N–C) groups is 1. The smallest absolute Gasteiger partial charge is 0.355 e. The Morgan fingerprint density at radius 2 is 2.13 bits per heavy atom. The van der Waals surface area contributed by atoms with Crippen molar-refractivity contribution >= 4 is 17.3 Å². The van der Waals surface area contributed by atoms with Crippen molar-refractivity contribution in [3.63, 3.8) is 0 Å². The first kappa shape index (κ1) is 19.7. The molecule has 1 aromatic rings. The van der Waals surface area contributed by atoms with E-state index in [1.54, 1.807) is 7.05 Å². The van der Waals surface area contributed by atoms with E-state index in [1.807, 2.05) is 0 Å². The maximum atomic E-state index is 12.5. The standard InChI is InChI=1S/C14H24F3N5S/c1-5-10(2)22(4)7-6-19-13(18-3)20-8-12-21-11(9-23-12)14(15,16)17/h9-10H,5-8H2,1-4H3,(H2,18,19,20). The van der Waals surface area contributed by atoms with Gasteiger partial charge < -0.3 is 15.5 Å². The normalized spacial score (nSPS) is 14.2. The van der Waals surface area contributed by atoms with Gasteiger partial charge in [0.05, 0.1) is 6.54 Å². The second-order valence-electron chi connectivity index (χ2n) is 5.21. The first-order chi connectivity index (χ1) is 10.8. The van der Waals surface area contributed by atoms with Crippen LogP contribution in [0.2, 0.25) is 0 Å². The summed E-state index contributed by atoms with van der Waals surface area (Å²) in [7, 11) is 3.68. The Labute approximate surface area is 139 Å². The lowest BCUT2D eigenvalue weighted by Gasteiger charge is -2.23. The molecular formula is C14H24F3N5S. The first-order valence-electron chi connectivity index (χ1n) is 7.44. The fourth-order valence-corrected chi connectivity index (χ4v) is 2.53. The lowest BCUT2D eigenvalue weighted by molar-refractivity contribution is -0.140. The molecule has 1 aromatic heterocycles. The number of hydrogen-bond donors (Lipinski definition) is 2. The number of halogens is 3. The van der Waals surface area contributed by atoms with Crippen LogP contribution in [0.15, 0.2) is 10.4 Å². The summed E-state index contributed by atoms with van der Waals surface area (Å²) >= 11 is 0.980. The van der Waals surface area contributed by atoms with Crippen LogP contribution in [0.4, 0.5) is 13.2 Å². The highest BCUT2D eigenvalue weighted by atomic mass is 32.1. The third-order valence-corrected chi connectivity index (χ3v) is 4.42. The van der Waals surface area contributed by atoms with Gasteiger partial charge in [0.15, 0.2) is 11.7 Å². The summed E-state index contributed by atoms with van der Waals surface area (Å²) in [6, 6.07) is 0.503. The van der Waals surface area contributed by atoms with Crippen LogP contribution < -0.4 is 10.6 Å². The summed E-state index contributed by atoms with van der Waals surface area (Å²) in [5, 5.41) is 7.50. The van der Waals surface area contributed by atoms with Crippen LogP contribution in [0.3, 0.4) is 0 Å². The Bertz CT molecular complexity index is 501. The Morgan fingerprint density at radius 1 is 1.43 bits per heavy atom. The third kappa shape index (κ3) is 6.74. The molecule has 1 unspecified atom stereocenters. The van der Waals surface area contributed by atoms with E-state index in [0.717, 1.165) is 29.7 Å². The SMILES string of the molecule is CCC(C)N(C)CCNC(=NC)NCc1nc(C(F)(F)F)cs1. The molecular weight excluding hydrogens is 327 g/mol. The van der Waals surface area contributed by atoms with Gasteiger partial charge in [-0.05, 0) is 20.4 Å². The predicted octanol–water partition coefficient (Wildman–Crippen LogP) is 2.56. The molecule has 2 N–H and O–H groups in total. The van der Waals surface area contributed by atoms with Crippen LogP contribution in [0.25, 0.3) is 0 Å². The number of guanidine groups is 1. The molecule has 0 aromatic carbocycles. The van der Waals surface area contributed by atoms with Crippen molar-refractivity contribution in [1.82, 2.24) is 20.5 Å². The Hall–Kier alpha value is -1.35. The quantitative estimate of drug-likeness (QED) is 0.586. The summed E-state index contributed by atoms with van der Waals surface area (Å²) in [6.45, 7) is 6.06. The van der Waals surface area contributed by atoms with Crippen LogP contribution in [-0.4, -0.2) is 49.1 Å². The molecule has 0 saturated carbocycles. The number of rotatable bonds is 7. The molecule has 0 bridgehead atoms. The monoisotopic (exact) mass is 351 g/mol. The second kappa shape index (κ2) is 9.07. The van der Waals surface area contributed by atoms with Gasteiger partial charge in [-0.3, -0.25) is 4.99 Å². The molecule has 9 heteroatoms. The fourth-order valence-electron chi connectivity index (χ4n) is 1.78. The van der Waals surface area contributed by atoms with Gasteiger partial charge in [-0.1, -0.05) is 6.92 Å². The molecule has 0 fully saturated rings. The van der Waals surface area contributed by atoms with E-state index in [1.165, 1.54) is 0 Å². The molecule has 5 nitrogen and oxygen atoms in total. The zero-order chi connectivity index (χ0) is 17.5. The van der Waals surface area contributed by atoms with Gasteiger partial charge in [0.1, 0.15) is 5.01 Å². The fraction of sp³-hybridized carbons (Fsp3) is 0.714. The van der Waals surface area contributed by atoms with Crippen molar-refractivity contribution < 1.29 is 13.2 Å². The molecule has 1 atom stereocenters. The van der Waals surface area contributed by atoms with Crippen molar-refractivity contribution in [3.05, 3.63) is 16.1 Å². The molecule has 0 aliphatic carbocycles. The number of alkyl halides is 3. The highest BCUT2D eigenvalue weighted by molar-refractivity contribution is 7.09. The van der Waals surface area contributed by atoms with Crippen LogP contribution >= 0.6 is 11.3 Å². The summed E-state index contributed by atoms with van der Waals surface area (Å²) in [5.74, 6) is 0.548. The zero-order valence-electron chi connectivity index (χ0n) is 13.9. The number of likely N-dealkylation sites (N-methyl/N-ethyl adjacent to an activating group) is 1. The predicted molar refractivity (Wildman–Crippen MR) is 87.7 cm³/mol. The Balaban J connectivity index is 2.39. The number of nitrogens with zero attached hydrogens (tertiary/aromatic N) is 3. The third-order valence-electron chi connectivity index (χ3n) is 3.57. The number of hydrogen-bond acceptors (Lipinski definition) is 4. The summed E-state index contributed by atoms with van der Waals surface area (Å²) in [5.41, 5.74) is -0.850. The molecule has 0 aliphatic heterocycles. The number of thiazole rings is 1. The topological polar surface area (TPSA) is 52.5 Å². The minimum atomic E-state index is -4.39. The second-order valence-corrected chi connectivity index (χ2v) is 6.16. The first-order valence-corrected chi connectivity index (χ1v) is 8.32. The van der Waals surface area contributed by atoms with E-state index >= 15 is 0 Å². The highest BCUT2D eigenvalue weighted by Crippen LogP contribution is 2.29. The highest BCUT2D eigenvalue weighted by Gasteiger charge is 2.33. The average Bonchev–Trinajstić information content (AvgIpc) is 2.98. The van der Waals surface area contributed by atoms with Gasteiger partial charge in [-0.25, -0.2) is 4.98 Å². The maximum absolute atomic E-state index is 12.5. The van der Waals surface area contributed by atoms with Crippen LogP contribution in [0, 0.1) is 0 Å². The van der Waals surface area contributed by atoms with Crippen LogP contribution in [0.1, 0.15) is 31.0 Å².